The molecule has 0 unspecified atom stereocenters. The minimum absolute atomic E-state index is 0.223. The predicted molar refractivity (Wildman–Crippen MR) is 86.8 cm³/mol. The number of nitrogens with zero attached hydrogens (tertiary/aromatic N) is 3. The van der Waals surface area contributed by atoms with Gasteiger partial charge in [-0.15, -0.1) is 0 Å². The Labute approximate surface area is 134 Å². The summed E-state index contributed by atoms with van der Waals surface area (Å²) in [6.07, 6.45) is 5.18. The smallest absolute Gasteiger partial charge is 0.262 e. The van der Waals surface area contributed by atoms with Crippen molar-refractivity contribution in [2.45, 2.75) is 30.1 Å². The molecule has 2 heterocycles. The molecule has 2 aromatic heterocycles. The van der Waals surface area contributed by atoms with Crippen LogP contribution in [0.25, 0.3) is 5.65 Å². The van der Waals surface area contributed by atoms with E-state index in [9.17, 15) is 8.42 Å². The van der Waals surface area contributed by atoms with Gasteiger partial charge in [0.05, 0.1) is 10.6 Å². The summed E-state index contributed by atoms with van der Waals surface area (Å²) in [6.45, 7) is 0. The zero-order chi connectivity index (χ0) is 15.9. The fraction of sp³-hybridized carbons (Fsp3) is 0.250. The van der Waals surface area contributed by atoms with Crippen LogP contribution in [0.1, 0.15) is 31.0 Å². The molecule has 1 aliphatic rings. The number of fused-ring (bicyclic) bond motifs is 1. The van der Waals surface area contributed by atoms with Gasteiger partial charge in [0.15, 0.2) is 11.5 Å². The minimum Gasteiger partial charge on any atom is -0.276 e. The fourth-order valence-electron chi connectivity index (χ4n) is 2.65. The molecule has 0 amide bonds. The van der Waals surface area contributed by atoms with Crippen LogP contribution >= 0.6 is 0 Å². The van der Waals surface area contributed by atoms with Crippen molar-refractivity contribution >= 4 is 21.4 Å². The van der Waals surface area contributed by atoms with Crippen LogP contribution in [-0.2, 0) is 10.0 Å². The van der Waals surface area contributed by atoms with E-state index in [1.807, 2.05) is 0 Å². The summed E-state index contributed by atoms with van der Waals surface area (Å²) >= 11 is 0. The van der Waals surface area contributed by atoms with Crippen LogP contribution in [0, 0.1) is 0 Å². The zero-order valence-electron chi connectivity index (χ0n) is 12.4. The van der Waals surface area contributed by atoms with E-state index in [1.54, 1.807) is 53.2 Å². The molecule has 0 saturated heterocycles. The number of hydrogen-bond acceptors (Lipinski definition) is 4. The van der Waals surface area contributed by atoms with Gasteiger partial charge in [-0.25, -0.2) is 17.9 Å². The maximum Gasteiger partial charge on any atom is 0.262 e. The third-order valence-corrected chi connectivity index (χ3v) is 5.53. The quantitative estimate of drug-likeness (QED) is 0.799. The lowest BCUT2D eigenvalue weighted by Crippen LogP contribution is -2.13. The standard InChI is InChI=1S/C16H16N4O2S/c21-23(22,13-8-2-1-3-9-13)19-14-10-5-11-20-16(14)17-15(18-20)12-6-4-7-12/h1-3,5,8-12,19H,4,6-7H2. The number of aromatic nitrogens is 3. The lowest BCUT2D eigenvalue weighted by atomic mass is 9.85. The summed E-state index contributed by atoms with van der Waals surface area (Å²) in [7, 11) is -3.64. The Bertz CT molecular complexity index is 947. The first-order chi connectivity index (χ1) is 11.1. The van der Waals surface area contributed by atoms with Gasteiger partial charge in [0.2, 0.25) is 0 Å². The number of anilines is 1. The Kier molecular flexibility index (Phi) is 3.30. The van der Waals surface area contributed by atoms with Crippen molar-refractivity contribution in [1.82, 2.24) is 14.6 Å². The lowest BCUT2D eigenvalue weighted by molar-refractivity contribution is 0.402. The normalized spacial score (nSPS) is 15.5. The van der Waals surface area contributed by atoms with Crippen LogP contribution in [-0.4, -0.2) is 23.0 Å². The average Bonchev–Trinajstić information content (AvgIpc) is 2.90. The number of pyridine rings is 1. The number of benzene rings is 1. The van der Waals surface area contributed by atoms with Crippen molar-refractivity contribution < 1.29 is 8.42 Å². The Morgan fingerprint density at radius 3 is 2.57 bits per heavy atom. The molecule has 1 fully saturated rings. The molecule has 0 bridgehead atoms. The average molecular weight is 328 g/mol. The highest BCUT2D eigenvalue weighted by Gasteiger charge is 2.25. The number of nitrogens with one attached hydrogen (secondary N) is 1. The summed E-state index contributed by atoms with van der Waals surface area (Å²) in [5.74, 6) is 1.19. The minimum atomic E-state index is -3.64. The van der Waals surface area contributed by atoms with E-state index in [0.717, 1.165) is 18.7 Å². The van der Waals surface area contributed by atoms with Gasteiger partial charge in [-0.2, -0.15) is 5.10 Å². The van der Waals surface area contributed by atoms with Crippen molar-refractivity contribution in [3.63, 3.8) is 0 Å². The first-order valence-electron chi connectivity index (χ1n) is 7.57. The van der Waals surface area contributed by atoms with Crippen LogP contribution in [0.15, 0.2) is 53.6 Å². The van der Waals surface area contributed by atoms with E-state index in [2.05, 4.69) is 14.8 Å². The second-order valence-corrected chi connectivity index (χ2v) is 7.39. The first-order valence-corrected chi connectivity index (χ1v) is 9.05. The summed E-state index contributed by atoms with van der Waals surface area (Å²) in [4.78, 5) is 4.76. The Morgan fingerprint density at radius 1 is 1.09 bits per heavy atom. The third-order valence-electron chi connectivity index (χ3n) is 4.15. The number of hydrogen-bond donors (Lipinski definition) is 1. The van der Waals surface area contributed by atoms with E-state index >= 15 is 0 Å². The fourth-order valence-corrected chi connectivity index (χ4v) is 3.73. The number of rotatable bonds is 4. The Hall–Kier alpha value is -2.41. The van der Waals surface area contributed by atoms with E-state index in [-0.39, 0.29) is 4.90 Å². The van der Waals surface area contributed by atoms with E-state index in [1.165, 1.54) is 6.42 Å². The molecule has 1 aromatic carbocycles. The monoisotopic (exact) mass is 328 g/mol. The van der Waals surface area contributed by atoms with E-state index in [4.69, 9.17) is 0 Å². The summed E-state index contributed by atoms with van der Waals surface area (Å²) in [6, 6.07) is 11.8. The van der Waals surface area contributed by atoms with Crippen molar-refractivity contribution in [3.05, 3.63) is 54.5 Å². The molecule has 0 atom stereocenters. The topological polar surface area (TPSA) is 76.4 Å². The molecule has 3 aromatic rings. The molecule has 0 radical (unpaired) electrons. The van der Waals surface area contributed by atoms with Gasteiger partial charge < -0.3 is 0 Å². The van der Waals surface area contributed by atoms with Crippen LogP contribution in [0.3, 0.4) is 0 Å². The second kappa shape index (κ2) is 5.34. The van der Waals surface area contributed by atoms with E-state index < -0.39 is 10.0 Å². The molecular formula is C16H16N4O2S. The number of sulfonamides is 1. The van der Waals surface area contributed by atoms with Gasteiger partial charge in [-0.1, -0.05) is 24.6 Å². The van der Waals surface area contributed by atoms with Crippen LogP contribution in [0.2, 0.25) is 0 Å². The molecular weight excluding hydrogens is 312 g/mol. The van der Waals surface area contributed by atoms with Crippen LogP contribution in [0.5, 0.6) is 0 Å². The maximum atomic E-state index is 12.5. The molecule has 23 heavy (non-hydrogen) atoms. The molecule has 0 spiro atoms. The van der Waals surface area contributed by atoms with Crippen LogP contribution < -0.4 is 4.72 Å². The van der Waals surface area contributed by atoms with Crippen molar-refractivity contribution in [3.8, 4) is 0 Å². The van der Waals surface area contributed by atoms with Crippen molar-refractivity contribution in [2.75, 3.05) is 4.72 Å². The van der Waals surface area contributed by atoms with Gasteiger partial charge in [0.25, 0.3) is 10.0 Å². The van der Waals surface area contributed by atoms with Gasteiger partial charge >= 0.3 is 0 Å². The molecule has 4 rings (SSSR count). The summed E-state index contributed by atoms with van der Waals surface area (Å²) in [5, 5.41) is 4.47. The molecule has 118 valence electrons. The van der Waals surface area contributed by atoms with Crippen LogP contribution in [0.4, 0.5) is 5.69 Å². The van der Waals surface area contributed by atoms with Gasteiger partial charge in [0.1, 0.15) is 0 Å². The Balaban J connectivity index is 1.72. The molecule has 0 aliphatic heterocycles. The van der Waals surface area contributed by atoms with Gasteiger partial charge in [-0.05, 0) is 37.1 Å². The van der Waals surface area contributed by atoms with Gasteiger partial charge in [-0.3, -0.25) is 4.72 Å². The van der Waals surface area contributed by atoms with E-state index in [0.29, 0.717) is 17.3 Å². The molecule has 7 heteroatoms. The zero-order valence-corrected chi connectivity index (χ0v) is 13.2. The maximum absolute atomic E-state index is 12.5. The molecule has 1 aliphatic carbocycles. The van der Waals surface area contributed by atoms with Crippen molar-refractivity contribution in [2.24, 2.45) is 0 Å². The highest BCUT2D eigenvalue weighted by atomic mass is 32.2. The summed E-state index contributed by atoms with van der Waals surface area (Å²) in [5.41, 5.74) is 0.975. The SMILES string of the molecule is O=S(=O)(Nc1cccn2nc(C3CCC3)nc12)c1ccccc1. The van der Waals surface area contributed by atoms with Gasteiger partial charge in [0, 0.05) is 12.1 Å². The summed E-state index contributed by atoms with van der Waals surface area (Å²) < 4.78 is 29.2. The highest BCUT2D eigenvalue weighted by Crippen LogP contribution is 2.35. The molecule has 6 nitrogen and oxygen atoms in total. The Morgan fingerprint density at radius 2 is 1.87 bits per heavy atom. The molecule has 1 N–H and O–H groups in total. The molecule has 1 saturated carbocycles. The van der Waals surface area contributed by atoms with Crippen molar-refractivity contribution in [1.29, 1.82) is 0 Å². The first kappa shape index (κ1) is 14.2. The third kappa shape index (κ3) is 2.57. The predicted octanol–water partition coefficient (Wildman–Crippen LogP) is 2.80. The highest BCUT2D eigenvalue weighted by molar-refractivity contribution is 7.92. The largest absolute Gasteiger partial charge is 0.276 e. The lowest BCUT2D eigenvalue weighted by Gasteiger charge is -2.21. The second-order valence-electron chi connectivity index (χ2n) is 5.71.